The number of carbonyl (C=O) groups excluding carboxylic acids is 1. The molecule has 1 fully saturated rings. The molecule has 32 heavy (non-hydrogen) atoms. The van der Waals surface area contributed by atoms with Crippen LogP contribution in [0.25, 0.3) is 0 Å². The topological polar surface area (TPSA) is 105 Å². The zero-order valence-corrected chi connectivity index (χ0v) is 20.3. The minimum absolute atomic E-state index is 0.00591. The first-order valence-corrected chi connectivity index (χ1v) is 12.2. The van der Waals surface area contributed by atoms with E-state index in [1.54, 1.807) is 19.1 Å². The zero-order valence-electron chi connectivity index (χ0n) is 18.0. The number of halogens is 2. The molecule has 1 atom stereocenters. The van der Waals surface area contributed by atoms with Crippen molar-refractivity contribution in [1.29, 1.82) is 0 Å². The molecule has 1 aliphatic heterocycles. The first-order valence-electron chi connectivity index (χ1n) is 10.1. The van der Waals surface area contributed by atoms with E-state index in [9.17, 15) is 18.0 Å². The maximum Gasteiger partial charge on any atom is 0.287 e. The van der Waals surface area contributed by atoms with E-state index in [4.69, 9.17) is 23.2 Å². The second kappa shape index (κ2) is 9.88. The molecule has 0 radical (unpaired) electrons. The largest absolute Gasteiger partial charge is 0.324 e. The minimum atomic E-state index is -3.73. The van der Waals surface area contributed by atoms with Gasteiger partial charge in [0.15, 0.2) is 0 Å². The smallest absolute Gasteiger partial charge is 0.287 e. The van der Waals surface area contributed by atoms with Crippen molar-refractivity contribution in [2.24, 2.45) is 0 Å². The Labute approximate surface area is 197 Å². The molecule has 2 aromatic rings. The second-order valence-corrected chi connectivity index (χ2v) is 10.5. The van der Waals surface area contributed by atoms with E-state index in [0.29, 0.717) is 30.9 Å². The fraction of sp³-hybridized carbons (Fsp3) is 0.450. The van der Waals surface area contributed by atoms with Gasteiger partial charge in [-0.1, -0.05) is 29.3 Å². The van der Waals surface area contributed by atoms with E-state index in [1.807, 2.05) is 7.05 Å². The second-order valence-electron chi connectivity index (χ2n) is 7.76. The SMILES string of the molecule is Cc1ccc(NC(=O)C(C)n2ncc(Cl)c(Cl)c2=O)cc1S(=O)(=O)N1CCCN(C)CC1. The number of rotatable bonds is 5. The van der Waals surface area contributed by atoms with Crippen LogP contribution >= 0.6 is 23.2 Å². The molecular formula is C20H25Cl2N5O4S. The maximum atomic E-state index is 13.3. The van der Waals surface area contributed by atoms with Crippen molar-refractivity contribution in [3.63, 3.8) is 0 Å². The lowest BCUT2D eigenvalue weighted by Gasteiger charge is -2.22. The number of sulfonamides is 1. The number of benzene rings is 1. The average molecular weight is 502 g/mol. The fourth-order valence-corrected chi connectivity index (χ4v) is 5.40. The average Bonchev–Trinajstić information content (AvgIpc) is 2.98. The van der Waals surface area contributed by atoms with E-state index < -0.39 is 27.5 Å². The molecule has 2 heterocycles. The van der Waals surface area contributed by atoms with Crippen molar-refractivity contribution in [3.8, 4) is 0 Å². The van der Waals surface area contributed by atoms with E-state index in [1.165, 1.54) is 23.5 Å². The molecule has 1 aromatic carbocycles. The standard InChI is InChI=1S/C20H25Cl2N5O4S/c1-13-5-6-15(11-17(13)32(30,31)26-8-4-7-25(3)9-10-26)24-19(28)14(2)27-20(29)18(22)16(21)12-23-27/h5-6,11-12,14H,4,7-10H2,1-3H3,(H,24,28). The van der Waals surface area contributed by atoms with Crippen LogP contribution in [0.4, 0.5) is 5.69 Å². The van der Waals surface area contributed by atoms with Gasteiger partial charge in [-0.2, -0.15) is 9.40 Å². The quantitative estimate of drug-likeness (QED) is 0.674. The molecule has 3 rings (SSSR count). The molecule has 1 saturated heterocycles. The summed E-state index contributed by atoms with van der Waals surface area (Å²) in [6, 6.07) is 3.69. The molecule has 1 N–H and O–H groups in total. The summed E-state index contributed by atoms with van der Waals surface area (Å²) in [6.45, 7) is 5.51. The number of likely N-dealkylation sites (N-methyl/N-ethyl adjacent to an activating group) is 1. The molecule has 1 amide bonds. The van der Waals surface area contributed by atoms with Crippen molar-refractivity contribution >= 4 is 44.8 Å². The lowest BCUT2D eigenvalue weighted by molar-refractivity contribution is -0.119. The van der Waals surface area contributed by atoms with Crippen molar-refractivity contribution in [1.82, 2.24) is 19.0 Å². The summed E-state index contributed by atoms with van der Waals surface area (Å²) < 4.78 is 29.0. The number of hydrogen-bond acceptors (Lipinski definition) is 6. The molecule has 174 valence electrons. The van der Waals surface area contributed by atoms with Gasteiger partial charge in [-0.25, -0.2) is 13.1 Å². The third-order valence-corrected chi connectivity index (χ3v) is 8.19. The number of nitrogens with zero attached hydrogens (tertiary/aromatic N) is 4. The monoisotopic (exact) mass is 501 g/mol. The number of nitrogens with one attached hydrogen (secondary N) is 1. The number of aryl methyl sites for hydroxylation is 1. The van der Waals surface area contributed by atoms with E-state index in [0.717, 1.165) is 17.6 Å². The predicted molar refractivity (Wildman–Crippen MR) is 124 cm³/mol. The number of hydrogen-bond donors (Lipinski definition) is 1. The summed E-state index contributed by atoms with van der Waals surface area (Å²) in [5.41, 5.74) is 0.183. The van der Waals surface area contributed by atoms with E-state index in [-0.39, 0.29) is 14.9 Å². The van der Waals surface area contributed by atoms with Gasteiger partial charge in [0.2, 0.25) is 15.9 Å². The van der Waals surface area contributed by atoms with Crippen LogP contribution in [0.1, 0.15) is 24.9 Å². The van der Waals surface area contributed by atoms with Crippen LogP contribution in [-0.2, 0) is 14.8 Å². The maximum absolute atomic E-state index is 13.3. The number of aromatic nitrogens is 2. The van der Waals surface area contributed by atoms with E-state index in [2.05, 4.69) is 15.3 Å². The Kier molecular flexibility index (Phi) is 7.61. The highest BCUT2D eigenvalue weighted by atomic mass is 35.5. The summed E-state index contributed by atoms with van der Waals surface area (Å²) in [5, 5.41) is 6.29. The van der Waals surface area contributed by atoms with Gasteiger partial charge in [-0.05, 0) is 51.6 Å². The highest BCUT2D eigenvalue weighted by molar-refractivity contribution is 7.89. The molecule has 1 aliphatic rings. The number of carbonyl (C=O) groups is 1. The van der Waals surface area contributed by atoms with Gasteiger partial charge >= 0.3 is 0 Å². The molecule has 1 aromatic heterocycles. The summed E-state index contributed by atoms with van der Waals surface area (Å²) >= 11 is 11.6. The normalized spacial score (nSPS) is 17.0. The highest BCUT2D eigenvalue weighted by Gasteiger charge is 2.28. The van der Waals surface area contributed by atoms with E-state index >= 15 is 0 Å². The molecule has 0 spiro atoms. The predicted octanol–water partition coefficient (Wildman–Crippen LogP) is 2.38. The summed E-state index contributed by atoms with van der Waals surface area (Å²) in [4.78, 5) is 27.2. The molecular weight excluding hydrogens is 477 g/mol. The van der Waals surface area contributed by atoms with Crippen LogP contribution in [0.5, 0.6) is 0 Å². The summed E-state index contributed by atoms with van der Waals surface area (Å²) in [7, 11) is -1.77. The molecule has 0 bridgehead atoms. The van der Waals surface area contributed by atoms with Gasteiger partial charge < -0.3 is 10.2 Å². The van der Waals surface area contributed by atoms with Gasteiger partial charge in [-0.15, -0.1) is 0 Å². The Morgan fingerprint density at radius 2 is 1.91 bits per heavy atom. The summed E-state index contributed by atoms with van der Waals surface area (Å²) in [5.74, 6) is -0.554. The van der Waals surface area contributed by atoms with Gasteiger partial charge in [0, 0.05) is 25.3 Å². The highest BCUT2D eigenvalue weighted by Crippen LogP contribution is 2.25. The number of anilines is 1. The Balaban J connectivity index is 1.85. The van der Waals surface area contributed by atoms with Crippen LogP contribution in [0.2, 0.25) is 10.0 Å². The van der Waals surface area contributed by atoms with Crippen molar-refractivity contribution in [2.75, 3.05) is 38.5 Å². The van der Waals surface area contributed by atoms with Crippen molar-refractivity contribution in [3.05, 3.63) is 50.4 Å². The van der Waals surface area contributed by atoms with Crippen LogP contribution < -0.4 is 10.9 Å². The number of amides is 1. The first kappa shape index (κ1) is 24.7. The van der Waals surface area contributed by atoms with Crippen molar-refractivity contribution in [2.45, 2.75) is 31.2 Å². The lowest BCUT2D eigenvalue weighted by Crippen LogP contribution is -2.35. The van der Waals surface area contributed by atoms with Crippen molar-refractivity contribution < 1.29 is 13.2 Å². The molecule has 12 heteroatoms. The zero-order chi connectivity index (χ0) is 23.6. The third-order valence-electron chi connectivity index (χ3n) is 5.40. The van der Waals surface area contributed by atoms with Crippen LogP contribution in [0.3, 0.4) is 0 Å². The van der Waals surface area contributed by atoms with Gasteiger partial charge in [-0.3, -0.25) is 9.59 Å². The Morgan fingerprint density at radius 3 is 2.62 bits per heavy atom. The van der Waals surface area contributed by atoms with Gasteiger partial charge in [0.05, 0.1) is 16.1 Å². The Morgan fingerprint density at radius 1 is 1.19 bits per heavy atom. The van der Waals surface area contributed by atoms with Crippen LogP contribution in [-0.4, -0.2) is 66.5 Å². The molecule has 1 unspecified atom stereocenters. The fourth-order valence-electron chi connectivity index (χ4n) is 3.42. The molecule has 0 aliphatic carbocycles. The lowest BCUT2D eigenvalue weighted by atomic mass is 10.2. The van der Waals surface area contributed by atoms with Gasteiger partial charge in [0.1, 0.15) is 11.1 Å². The Hall–Kier alpha value is -1.98. The molecule has 0 saturated carbocycles. The summed E-state index contributed by atoms with van der Waals surface area (Å²) in [6.07, 6.45) is 1.93. The van der Waals surface area contributed by atoms with Crippen LogP contribution in [0.15, 0.2) is 34.1 Å². The third kappa shape index (κ3) is 5.15. The van der Waals surface area contributed by atoms with Gasteiger partial charge in [0.25, 0.3) is 5.56 Å². The molecule has 9 nitrogen and oxygen atoms in total. The first-order chi connectivity index (χ1) is 15.0. The van der Waals surface area contributed by atoms with Crippen LogP contribution in [0, 0.1) is 6.92 Å². The Bertz CT molecular complexity index is 1180. The minimum Gasteiger partial charge on any atom is -0.324 e.